The van der Waals surface area contributed by atoms with Crippen LogP contribution >= 0.6 is 68.1 Å². The zero-order valence-electron chi connectivity index (χ0n) is 24.0. The van der Waals surface area contributed by atoms with Gasteiger partial charge in [-0.25, -0.2) is 9.79 Å². The Kier molecular flexibility index (Phi) is 10.1. The number of halogens is 3. The molecule has 0 N–H and O–H groups in total. The molecule has 2 heterocycles. The number of benzene rings is 3. The van der Waals surface area contributed by atoms with E-state index in [4.69, 9.17) is 26.1 Å². The van der Waals surface area contributed by atoms with Gasteiger partial charge in [0, 0.05) is 10.6 Å². The largest absolute Gasteiger partial charge is 0.487 e. The van der Waals surface area contributed by atoms with Crippen LogP contribution in [-0.4, -0.2) is 17.1 Å². The smallest absolute Gasteiger partial charge is 0.338 e. The SMILES string of the molecule is CCOC(=O)C1=C(C)N=c2s/c(=C\c3cc(I)c(OCc4ccccc4Cl)c(I)c3)c(=O)n2[C@@H]1c1ccc(C(C)C)cc1. The molecule has 222 valence electrons. The lowest BCUT2D eigenvalue weighted by Gasteiger charge is -2.25. The highest BCUT2D eigenvalue weighted by Gasteiger charge is 2.33. The zero-order valence-corrected chi connectivity index (χ0v) is 29.9. The highest BCUT2D eigenvalue weighted by atomic mass is 127. The molecule has 0 radical (unpaired) electrons. The van der Waals surface area contributed by atoms with Crippen molar-refractivity contribution in [3.63, 3.8) is 0 Å². The monoisotopic (exact) mass is 838 g/mol. The molecule has 6 nitrogen and oxygen atoms in total. The van der Waals surface area contributed by atoms with Crippen molar-refractivity contribution in [1.82, 2.24) is 4.57 Å². The van der Waals surface area contributed by atoms with E-state index in [0.29, 0.717) is 38.2 Å². The Labute approximate surface area is 286 Å². The van der Waals surface area contributed by atoms with Crippen molar-refractivity contribution in [2.24, 2.45) is 4.99 Å². The molecule has 1 aromatic heterocycles. The Hall–Kier alpha value is -2.48. The fraction of sp³-hybridized carbons (Fsp3) is 0.242. The maximum Gasteiger partial charge on any atom is 0.338 e. The molecule has 43 heavy (non-hydrogen) atoms. The van der Waals surface area contributed by atoms with Gasteiger partial charge in [0.15, 0.2) is 4.80 Å². The molecule has 0 aliphatic carbocycles. The van der Waals surface area contributed by atoms with Gasteiger partial charge in [-0.3, -0.25) is 9.36 Å². The number of nitrogens with zero attached hydrogens (tertiary/aromatic N) is 2. The summed E-state index contributed by atoms with van der Waals surface area (Å²) >= 11 is 12.1. The van der Waals surface area contributed by atoms with E-state index in [1.165, 1.54) is 16.9 Å². The van der Waals surface area contributed by atoms with Gasteiger partial charge in [0.25, 0.3) is 5.56 Å². The Morgan fingerprint density at radius 2 is 1.79 bits per heavy atom. The summed E-state index contributed by atoms with van der Waals surface area (Å²) in [5, 5.41) is 0.662. The third-order valence-corrected chi connectivity index (χ3v) is 10.0. The Morgan fingerprint density at radius 1 is 1.12 bits per heavy atom. The summed E-state index contributed by atoms with van der Waals surface area (Å²) in [6, 6.07) is 19.0. The summed E-state index contributed by atoms with van der Waals surface area (Å²) in [6.45, 7) is 8.41. The van der Waals surface area contributed by atoms with Crippen molar-refractivity contribution < 1.29 is 14.3 Å². The minimum atomic E-state index is -0.639. The van der Waals surface area contributed by atoms with Crippen molar-refractivity contribution in [2.75, 3.05) is 6.61 Å². The summed E-state index contributed by atoms with van der Waals surface area (Å²) < 4.78 is 15.5. The van der Waals surface area contributed by atoms with Gasteiger partial charge in [-0.15, -0.1) is 0 Å². The Balaban J connectivity index is 1.56. The average Bonchev–Trinajstić information content (AvgIpc) is 3.26. The van der Waals surface area contributed by atoms with E-state index in [-0.39, 0.29) is 12.2 Å². The lowest BCUT2D eigenvalue weighted by Crippen LogP contribution is -2.39. The summed E-state index contributed by atoms with van der Waals surface area (Å²) in [5.41, 5.74) is 4.50. The van der Waals surface area contributed by atoms with Gasteiger partial charge in [-0.2, -0.15) is 0 Å². The topological polar surface area (TPSA) is 69.9 Å². The third-order valence-electron chi connectivity index (χ3n) is 7.08. The number of ether oxygens (including phenoxy) is 2. The standard InChI is InChI=1S/C33H29ClI2N2O4S/c1-5-41-32(40)28-19(4)37-33-38(29(28)22-12-10-21(11-13-22)18(2)3)31(39)27(43-33)16-20-14-25(35)30(26(36)15-20)42-17-23-8-6-7-9-24(23)34/h6-16,18,29H,5,17H2,1-4H3/b27-16-/t29-/m1/s1. The molecular formula is C33H29ClI2N2O4S. The molecule has 0 saturated heterocycles. The molecule has 1 atom stereocenters. The summed E-state index contributed by atoms with van der Waals surface area (Å²) in [5.74, 6) is 0.656. The molecule has 3 aromatic carbocycles. The number of hydrogen-bond donors (Lipinski definition) is 0. The lowest BCUT2D eigenvalue weighted by molar-refractivity contribution is -0.139. The molecule has 0 bridgehead atoms. The van der Waals surface area contributed by atoms with Crippen LogP contribution in [0.1, 0.15) is 61.9 Å². The minimum Gasteiger partial charge on any atom is -0.487 e. The van der Waals surface area contributed by atoms with Crippen LogP contribution in [0.15, 0.2) is 81.7 Å². The second-order valence-corrected chi connectivity index (χ2v) is 14.1. The Bertz CT molecular complexity index is 1890. The van der Waals surface area contributed by atoms with E-state index in [1.807, 2.05) is 66.7 Å². The van der Waals surface area contributed by atoms with E-state index >= 15 is 0 Å². The minimum absolute atomic E-state index is 0.208. The van der Waals surface area contributed by atoms with Crippen LogP contribution in [0.3, 0.4) is 0 Å². The summed E-state index contributed by atoms with van der Waals surface area (Å²) in [6.07, 6.45) is 1.87. The van der Waals surface area contributed by atoms with Crippen molar-refractivity contribution in [3.05, 3.63) is 126 Å². The maximum atomic E-state index is 14.0. The molecule has 10 heteroatoms. The van der Waals surface area contributed by atoms with Gasteiger partial charge in [0.05, 0.1) is 35.6 Å². The van der Waals surface area contributed by atoms with E-state index in [1.54, 1.807) is 18.4 Å². The van der Waals surface area contributed by atoms with E-state index in [9.17, 15) is 9.59 Å². The molecule has 1 aliphatic rings. The summed E-state index contributed by atoms with van der Waals surface area (Å²) in [4.78, 5) is 32.4. The molecule has 0 unspecified atom stereocenters. The van der Waals surface area contributed by atoms with Gasteiger partial charge >= 0.3 is 5.97 Å². The van der Waals surface area contributed by atoms with Crippen LogP contribution in [-0.2, 0) is 16.1 Å². The van der Waals surface area contributed by atoms with Crippen molar-refractivity contribution in [3.8, 4) is 5.75 Å². The van der Waals surface area contributed by atoms with Gasteiger partial charge < -0.3 is 9.47 Å². The average molecular weight is 839 g/mol. The lowest BCUT2D eigenvalue weighted by atomic mass is 9.93. The second kappa shape index (κ2) is 13.7. The molecule has 0 amide bonds. The first kappa shape index (κ1) is 31.9. The summed E-state index contributed by atoms with van der Waals surface area (Å²) in [7, 11) is 0. The fourth-order valence-corrected chi connectivity index (χ4v) is 8.25. The fourth-order valence-electron chi connectivity index (χ4n) is 4.89. The molecule has 4 aromatic rings. The van der Waals surface area contributed by atoms with E-state index < -0.39 is 12.0 Å². The van der Waals surface area contributed by atoms with Crippen LogP contribution in [0.25, 0.3) is 6.08 Å². The molecule has 1 aliphatic heterocycles. The van der Waals surface area contributed by atoms with Crippen molar-refractivity contribution in [1.29, 1.82) is 0 Å². The molecule has 0 spiro atoms. The number of allylic oxidation sites excluding steroid dienone is 1. The number of rotatable bonds is 8. The number of fused-ring (bicyclic) bond motifs is 1. The number of thiazole rings is 1. The molecule has 0 saturated carbocycles. The van der Waals surface area contributed by atoms with Gasteiger partial charge in [0.1, 0.15) is 12.4 Å². The molecule has 5 rings (SSSR count). The highest BCUT2D eigenvalue weighted by molar-refractivity contribution is 14.1. The van der Waals surface area contributed by atoms with Crippen LogP contribution in [0.2, 0.25) is 5.02 Å². The van der Waals surface area contributed by atoms with Gasteiger partial charge in [-0.05, 0) is 106 Å². The zero-order chi connectivity index (χ0) is 30.8. The van der Waals surface area contributed by atoms with Crippen molar-refractivity contribution in [2.45, 2.75) is 46.3 Å². The van der Waals surface area contributed by atoms with Crippen LogP contribution in [0, 0.1) is 7.14 Å². The first-order valence-corrected chi connectivity index (χ1v) is 17.1. The quantitative estimate of drug-likeness (QED) is 0.138. The molecule has 0 fully saturated rings. The Morgan fingerprint density at radius 3 is 2.42 bits per heavy atom. The van der Waals surface area contributed by atoms with E-state index in [0.717, 1.165) is 29.6 Å². The maximum absolute atomic E-state index is 14.0. The first-order chi connectivity index (χ1) is 20.6. The van der Waals surface area contributed by atoms with E-state index in [2.05, 4.69) is 59.0 Å². The predicted molar refractivity (Wildman–Crippen MR) is 189 cm³/mol. The number of hydrogen-bond acceptors (Lipinski definition) is 6. The van der Waals surface area contributed by atoms with Gasteiger partial charge in [-0.1, -0.05) is 79.2 Å². The third kappa shape index (κ3) is 6.79. The van der Waals surface area contributed by atoms with Crippen LogP contribution in [0.4, 0.5) is 0 Å². The molecular weight excluding hydrogens is 810 g/mol. The number of carbonyl (C=O) groups is 1. The van der Waals surface area contributed by atoms with Gasteiger partial charge in [0.2, 0.25) is 0 Å². The van der Waals surface area contributed by atoms with Crippen molar-refractivity contribution >= 4 is 80.2 Å². The number of carbonyl (C=O) groups excluding carboxylic acids is 1. The first-order valence-electron chi connectivity index (χ1n) is 13.7. The highest BCUT2D eigenvalue weighted by Crippen LogP contribution is 2.33. The second-order valence-electron chi connectivity index (χ2n) is 10.3. The van der Waals surface area contributed by atoms with Crippen LogP contribution < -0.4 is 19.6 Å². The predicted octanol–water partition coefficient (Wildman–Crippen LogP) is 7.36. The number of aromatic nitrogens is 1. The number of esters is 1. The normalized spacial score (nSPS) is 15.0. The van der Waals surface area contributed by atoms with Crippen LogP contribution in [0.5, 0.6) is 5.75 Å².